The quantitative estimate of drug-likeness (QED) is 0.369. The van der Waals surface area contributed by atoms with Crippen LogP contribution in [-0.4, -0.2) is 41.7 Å². The number of imide groups is 1. The van der Waals surface area contributed by atoms with Gasteiger partial charge < -0.3 is 14.8 Å². The molecule has 0 unspecified atom stereocenters. The highest BCUT2D eigenvalue weighted by atomic mass is 79.9. The highest BCUT2D eigenvalue weighted by Gasteiger charge is 2.36. The summed E-state index contributed by atoms with van der Waals surface area (Å²) in [4.78, 5) is 38.6. The third-order valence-electron chi connectivity index (χ3n) is 4.23. The average Bonchev–Trinajstić information content (AvgIpc) is 3.02. The van der Waals surface area contributed by atoms with Gasteiger partial charge in [-0.05, 0) is 66.7 Å². The van der Waals surface area contributed by atoms with Crippen molar-refractivity contribution in [2.45, 2.75) is 6.92 Å². The number of nitrogens with one attached hydrogen (secondary N) is 1. The minimum atomic E-state index is -0.518. The molecule has 0 spiro atoms. The number of nitrogens with zero attached hydrogens (tertiary/aromatic N) is 1. The number of benzene rings is 2. The van der Waals surface area contributed by atoms with Crippen LogP contribution in [0.3, 0.4) is 0 Å². The summed E-state index contributed by atoms with van der Waals surface area (Å²) >= 11 is 4.11. The second-order valence-corrected chi connectivity index (χ2v) is 8.47. The number of thioether (sulfide) groups is 1. The number of carbonyl (C=O) groups excluding carboxylic acids is 3. The lowest BCUT2D eigenvalue weighted by molar-refractivity contribution is -0.127. The molecule has 0 atom stereocenters. The Morgan fingerprint density at radius 1 is 1.16 bits per heavy atom. The van der Waals surface area contributed by atoms with Crippen LogP contribution in [0.5, 0.6) is 11.5 Å². The number of hydrogen-bond acceptors (Lipinski definition) is 6. The standard InChI is InChI=1S/C23H21BrN2O5S/c1-3-11-31-18-10-5-15(12-19(18)30-4-2)13-20-22(28)26(23(29)32-20)14-21(27)25-17-8-6-16(24)7-9-17/h3,5-10,12-13H,1,4,11,14H2,2H3,(H,25,27)/b20-13+. The molecule has 1 aliphatic heterocycles. The van der Waals surface area contributed by atoms with Gasteiger partial charge in [0.05, 0.1) is 11.5 Å². The predicted octanol–water partition coefficient (Wildman–Crippen LogP) is 5.09. The van der Waals surface area contributed by atoms with Gasteiger partial charge in [0, 0.05) is 10.2 Å². The second kappa shape index (κ2) is 11.0. The van der Waals surface area contributed by atoms with Crippen LogP contribution in [-0.2, 0) is 9.59 Å². The Morgan fingerprint density at radius 3 is 2.59 bits per heavy atom. The zero-order valence-corrected chi connectivity index (χ0v) is 19.7. The van der Waals surface area contributed by atoms with E-state index in [9.17, 15) is 14.4 Å². The zero-order valence-electron chi connectivity index (χ0n) is 17.3. The number of carbonyl (C=O) groups is 3. The largest absolute Gasteiger partial charge is 0.490 e. The van der Waals surface area contributed by atoms with Gasteiger partial charge in [-0.25, -0.2) is 0 Å². The van der Waals surface area contributed by atoms with Gasteiger partial charge in [-0.2, -0.15) is 0 Å². The Kier molecular flexibility index (Phi) is 8.13. The van der Waals surface area contributed by atoms with Crippen LogP contribution in [0.1, 0.15) is 12.5 Å². The fourth-order valence-corrected chi connectivity index (χ4v) is 3.92. The minimum absolute atomic E-state index is 0.230. The molecule has 0 aromatic heterocycles. The fourth-order valence-electron chi connectivity index (χ4n) is 2.82. The molecule has 2 aromatic carbocycles. The molecule has 0 saturated carbocycles. The Bertz CT molecular complexity index is 1070. The zero-order chi connectivity index (χ0) is 23.1. The SMILES string of the molecule is C=CCOc1ccc(/C=C2/SC(=O)N(CC(=O)Nc3ccc(Br)cc3)C2=O)cc1OCC. The molecule has 1 aliphatic rings. The summed E-state index contributed by atoms with van der Waals surface area (Å²) in [7, 11) is 0. The van der Waals surface area contributed by atoms with Crippen LogP contribution in [0.25, 0.3) is 6.08 Å². The van der Waals surface area contributed by atoms with E-state index in [4.69, 9.17) is 9.47 Å². The first-order valence-electron chi connectivity index (χ1n) is 9.72. The van der Waals surface area contributed by atoms with Gasteiger partial charge >= 0.3 is 0 Å². The van der Waals surface area contributed by atoms with Crippen LogP contribution in [0.15, 0.2) is 64.5 Å². The van der Waals surface area contributed by atoms with E-state index in [0.29, 0.717) is 36.0 Å². The molecule has 9 heteroatoms. The minimum Gasteiger partial charge on any atom is -0.490 e. The maximum absolute atomic E-state index is 12.7. The van der Waals surface area contributed by atoms with Crippen molar-refractivity contribution in [1.29, 1.82) is 0 Å². The molecule has 3 amide bonds. The Labute approximate surface area is 198 Å². The number of amides is 3. The molecular formula is C23H21BrN2O5S. The Morgan fingerprint density at radius 2 is 1.91 bits per heavy atom. The number of halogens is 1. The van der Waals surface area contributed by atoms with E-state index >= 15 is 0 Å². The van der Waals surface area contributed by atoms with Crippen LogP contribution < -0.4 is 14.8 Å². The van der Waals surface area contributed by atoms with E-state index in [1.54, 1.807) is 54.6 Å². The molecule has 1 fully saturated rings. The summed E-state index contributed by atoms with van der Waals surface area (Å²) in [5, 5.41) is 2.18. The Balaban J connectivity index is 1.71. The number of hydrogen-bond donors (Lipinski definition) is 1. The number of ether oxygens (including phenoxy) is 2. The van der Waals surface area contributed by atoms with E-state index in [2.05, 4.69) is 27.8 Å². The van der Waals surface area contributed by atoms with Crippen molar-refractivity contribution in [2.24, 2.45) is 0 Å². The highest BCUT2D eigenvalue weighted by molar-refractivity contribution is 9.10. The molecule has 0 radical (unpaired) electrons. The first kappa shape index (κ1) is 23.6. The molecule has 0 bridgehead atoms. The van der Waals surface area contributed by atoms with Crippen LogP contribution in [0, 0.1) is 0 Å². The summed E-state index contributed by atoms with van der Waals surface area (Å²) < 4.78 is 12.1. The lowest BCUT2D eigenvalue weighted by Gasteiger charge is -2.12. The third kappa shape index (κ3) is 6.02. The van der Waals surface area contributed by atoms with Crippen LogP contribution >= 0.6 is 27.7 Å². The van der Waals surface area contributed by atoms with Crippen molar-refractivity contribution >= 4 is 56.5 Å². The molecule has 3 rings (SSSR count). The molecule has 1 N–H and O–H groups in total. The molecule has 1 heterocycles. The average molecular weight is 517 g/mol. The summed E-state index contributed by atoms with van der Waals surface area (Å²) in [6, 6.07) is 12.2. The van der Waals surface area contributed by atoms with E-state index < -0.39 is 17.1 Å². The van der Waals surface area contributed by atoms with Crippen molar-refractivity contribution < 1.29 is 23.9 Å². The summed E-state index contributed by atoms with van der Waals surface area (Å²) in [5.74, 6) is 0.104. The van der Waals surface area contributed by atoms with Crippen LogP contribution in [0.2, 0.25) is 0 Å². The number of anilines is 1. The van der Waals surface area contributed by atoms with Gasteiger partial charge in [0.15, 0.2) is 11.5 Å². The van der Waals surface area contributed by atoms with Crippen molar-refractivity contribution in [1.82, 2.24) is 4.90 Å². The third-order valence-corrected chi connectivity index (χ3v) is 5.66. The maximum atomic E-state index is 12.7. The van der Waals surface area contributed by atoms with Gasteiger partial charge in [0.1, 0.15) is 13.2 Å². The van der Waals surface area contributed by atoms with Crippen molar-refractivity contribution in [3.8, 4) is 11.5 Å². The molecule has 1 saturated heterocycles. The van der Waals surface area contributed by atoms with Crippen molar-refractivity contribution in [2.75, 3.05) is 25.1 Å². The summed E-state index contributed by atoms with van der Waals surface area (Å²) in [6.45, 7) is 5.89. The van der Waals surface area contributed by atoms with E-state index in [0.717, 1.165) is 21.1 Å². The van der Waals surface area contributed by atoms with Gasteiger partial charge in [0.25, 0.3) is 11.1 Å². The first-order chi connectivity index (χ1) is 15.4. The van der Waals surface area contributed by atoms with E-state index in [-0.39, 0.29) is 11.4 Å². The van der Waals surface area contributed by atoms with Gasteiger partial charge in [-0.15, -0.1) is 0 Å². The maximum Gasteiger partial charge on any atom is 0.294 e. The molecule has 0 aliphatic carbocycles. The topological polar surface area (TPSA) is 84.9 Å². The fraction of sp³-hybridized carbons (Fsp3) is 0.174. The van der Waals surface area contributed by atoms with E-state index in [1.165, 1.54) is 0 Å². The lowest BCUT2D eigenvalue weighted by atomic mass is 10.2. The number of rotatable bonds is 9. The van der Waals surface area contributed by atoms with Gasteiger partial charge in [-0.3, -0.25) is 19.3 Å². The summed E-state index contributed by atoms with van der Waals surface area (Å²) in [5.41, 5.74) is 1.24. The first-order valence-corrected chi connectivity index (χ1v) is 11.3. The van der Waals surface area contributed by atoms with Gasteiger partial charge in [0.2, 0.25) is 5.91 Å². The predicted molar refractivity (Wildman–Crippen MR) is 129 cm³/mol. The monoisotopic (exact) mass is 516 g/mol. The molecule has 2 aromatic rings. The summed E-state index contributed by atoms with van der Waals surface area (Å²) in [6.07, 6.45) is 3.23. The van der Waals surface area contributed by atoms with Crippen molar-refractivity contribution in [3.05, 3.63) is 70.1 Å². The van der Waals surface area contributed by atoms with Gasteiger partial charge in [-0.1, -0.05) is 34.7 Å². The van der Waals surface area contributed by atoms with E-state index in [1.807, 2.05) is 6.92 Å². The normalized spacial score (nSPS) is 14.6. The molecular weight excluding hydrogens is 496 g/mol. The Hall–Kier alpha value is -3.04. The van der Waals surface area contributed by atoms with Crippen LogP contribution in [0.4, 0.5) is 10.5 Å². The lowest BCUT2D eigenvalue weighted by Crippen LogP contribution is -2.36. The molecule has 7 nitrogen and oxygen atoms in total. The smallest absolute Gasteiger partial charge is 0.294 e. The van der Waals surface area contributed by atoms with Crippen molar-refractivity contribution in [3.63, 3.8) is 0 Å². The second-order valence-electron chi connectivity index (χ2n) is 6.56. The molecule has 32 heavy (non-hydrogen) atoms. The molecule has 166 valence electrons. The highest BCUT2D eigenvalue weighted by Crippen LogP contribution is 2.34.